The van der Waals surface area contributed by atoms with Crippen molar-refractivity contribution in [3.05, 3.63) is 29.8 Å². The van der Waals surface area contributed by atoms with Crippen molar-refractivity contribution in [1.29, 1.82) is 0 Å². The summed E-state index contributed by atoms with van der Waals surface area (Å²) in [6.07, 6.45) is 1.53. The maximum atomic E-state index is 12.4. The molecule has 0 aromatic heterocycles. The van der Waals surface area contributed by atoms with Crippen LogP contribution in [0.15, 0.2) is 24.3 Å². The second-order valence-electron chi connectivity index (χ2n) is 6.63. The van der Waals surface area contributed by atoms with Crippen molar-refractivity contribution < 1.29 is 17.9 Å². The zero-order chi connectivity index (χ0) is 18.4. The van der Waals surface area contributed by atoms with E-state index in [1.165, 1.54) is 4.31 Å². The Balaban J connectivity index is 1.92. The van der Waals surface area contributed by atoms with Crippen LogP contribution in [0, 0.1) is 5.92 Å². The van der Waals surface area contributed by atoms with Gasteiger partial charge in [-0.2, -0.15) is 0 Å². The number of rotatable bonds is 7. The number of benzene rings is 1. The highest BCUT2D eigenvalue weighted by Gasteiger charge is 2.31. The van der Waals surface area contributed by atoms with Crippen LogP contribution in [-0.2, 0) is 21.4 Å². The van der Waals surface area contributed by atoms with Crippen LogP contribution in [0.3, 0.4) is 0 Å². The van der Waals surface area contributed by atoms with E-state index in [4.69, 9.17) is 4.74 Å². The lowest BCUT2D eigenvalue weighted by molar-refractivity contribution is -0.126. The number of carbonyl (C=O) groups excluding carboxylic acids is 1. The van der Waals surface area contributed by atoms with Gasteiger partial charge in [-0.3, -0.25) is 4.79 Å². The van der Waals surface area contributed by atoms with Crippen molar-refractivity contribution in [3.8, 4) is 5.75 Å². The molecule has 1 aliphatic heterocycles. The van der Waals surface area contributed by atoms with Crippen LogP contribution in [-0.4, -0.2) is 43.6 Å². The number of hydrogen-bond donors (Lipinski definition) is 1. The van der Waals surface area contributed by atoms with Gasteiger partial charge < -0.3 is 10.1 Å². The Morgan fingerprint density at radius 2 is 2.16 bits per heavy atom. The summed E-state index contributed by atoms with van der Waals surface area (Å²) in [5.74, 6) is 0.472. The highest BCUT2D eigenvalue weighted by molar-refractivity contribution is 7.89. The first kappa shape index (κ1) is 19.7. The number of nitrogens with zero attached hydrogens (tertiary/aromatic N) is 1. The molecule has 0 saturated carbocycles. The van der Waals surface area contributed by atoms with Gasteiger partial charge in [-0.15, -0.1) is 0 Å². The minimum absolute atomic E-state index is 0.0734. The van der Waals surface area contributed by atoms with Gasteiger partial charge in [-0.1, -0.05) is 12.1 Å². The Morgan fingerprint density at radius 1 is 1.40 bits per heavy atom. The molecule has 6 nitrogen and oxygen atoms in total. The molecule has 0 spiro atoms. The minimum atomic E-state index is -3.24. The molecule has 1 N–H and O–H groups in total. The van der Waals surface area contributed by atoms with E-state index in [2.05, 4.69) is 5.32 Å². The monoisotopic (exact) mass is 368 g/mol. The summed E-state index contributed by atoms with van der Waals surface area (Å²) in [6.45, 7) is 6.75. The Kier molecular flexibility index (Phi) is 6.84. The van der Waals surface area contributed by atoms with E-state index in [-0.39, 0.29) is 30.2 Å². The third-order valence-corrected chi connectivity index (χ3v) is 6.10. The molecular formula is C18H28N2O4S. The van der Waals surface area contributed by atoms with Gasteiger partial charge in [-0.25, -0.2) is 12.7 Å². The summed E-state index contributed by atoms with van der Waals surface area (Å²) in [7, 11) is -3.24. The summed E-state index contributed by atoms with van der Waals surface area (Å²) in [6, 6.07) is 7.63. The van der Waals surface area contributed by atoms with Crippen LogP contribution in [0.1, 0.15) is 39.2 Å². The number of hydrogen-bond acceptors (Lipinski definition) is 4. The minimum Gasteiger partial charge on any atom is -0.491 e. The van der Waals surface area contributed by atoms with Crippen LogP contribution in [0.25, 0.3) is 0 Å². The largest absolute Gasteiger partial charge is 0.491 e. The molecule has 2 rings (SSSR count). The number of amides is 1. The molecule has 25 heavy (non-hydrogen) atoms. The molecule has 1 fully saturated rings. The Bertz CT molecular complexity index is 688. The maximum absolute atomic E-state index is 12.4. The molecule has 1 aromatic rings. The van der Waals surface area contributed by atoms with Crippen molar-refractivity contribution in [2.45, 2.75) is 46.3 Å². The van der Waals surface area contributed by atoms with Gasteiger partial charge in [0.2, 0.25) is 15.9 Å². The number of sulfonamides is 1. The standard InChI is InChI=1S/C18H28N2O4S/c1-4-25(22,23)20-10-6-8-16(13-20)18(21)19-12-15-7-5-9-17(11-15)24-14(2)3/h5,7,9,11,14,16H,4,6,8,10,12-13H2,1-3H3,(H,19,21)/t16-/m0/s1. The van der Waals surface area contributed by atoms with Crippen molar-refractivity contribution >= 4 is 15.9 Å². The first-order valence-corrected chi connectivity index (χ1v) is 10.4. The predicted octanol–water partition coefficient (Wildman–Crippen LogP) is 2.15. The highest BCUT2D eigenvalue weighted by Crippen LogP contribution is 2.20. The molecule has 140 valence electrons. The van der Waals surface area contributed by atoms with Gasteiger partial charge in [0.25, 0.3) is 0 Å². The Morgan fingerprint density at radius 3 is 2.84 bits per heavy atom. The molecule has 0 radical (unpaired) electrons. The molecule has 1 heterocycles. The zero-order valence-electron chi connectivity index (χ0n) is 15.2. The highest BCUT2D eigenvalue weighted by atomic mass is 32.2. The number of carbonyl (C=O) groups is 1. The van der Waals surface area contributed by atoms with Crippen molar-refractivity contribution in [2.24, 2.45) is 5.92 Å². The smallest absolute Gasteiger partial charge is 0.224 e. The van der Waals surface area contributed by atoms with E-state index in [1.807, 2.05) is 38.1 Å². The molecule has 7 heteroatoms. The second-order valence-corrected chi connectivity index (χ2v) is 8.89. The van der Waals surface area contributed by atoms with Gasteiger partial charge in [0, 0.05) is 19.6 Å². The normalized spacial score (nSPS) is 19.0. The molecule has 1 atom stereocenters. The SMILES string of the molecule is CCS(=O)(=O)N1CCC[C@H](C(=O)NCc2cccc(OC(C)C)c2)C1. The van der Waals surface area contributed by atoms with E-state index in [0.29, 0.717) is 13.1 Å². The van der Waals surface area contributed by atoms with Crippen molar-refractivity contribution in [1.82, 2.24) is 9.62 Å². The number of nitrogens with one attached hydrogen (secondary N) is 1. The van der Waals surface area contributed by atoms with Gasteiger partial charge >= 0.3 is 0 Å². The first-order valence-electron chi connectivity index (χ1n) is 8.83. The fraction of sp³-hybridized carbons (Fsp3) is 0.611. The predicted molar refractivity (Wildman–Crippen MR) is 97.8 cm³/mol. The summed E-state index contributed by atoms with van der Waals surface area (Å²) in [5.41, 5.74) is 0.959. The molecule has 1 saturated heterocycles. The van der Waals surface area contributed by atoms with Crippen molar-refractivity contribution in [3.63, 3.8) is 0 Å². The molecular weight excluding hydrogens is 340 g/mol. The molecule has 0 unspecified atom stereocenters. The van der Waals surface area contributed by atoms with Crippen LogP contribution < -0.4 is 10.1 Å². The van der Waals surface area contributed by atoms with Gasteiger partial charge in [0.15, 0.2) is 0 Å². The van der Waals surface area contributed by atoms with E-state index in [1.54, 1.807) is 6.92 Å². The fourth-order valence-electron chi connectivity index (χ4n) is 2.93. The lowest BCUT2D eigenvalue weighted by Crippen LogP contribution is -2.45. The maximum Gasteiger partial charge on any atom is 0.224 e. The Labute approximate surface area is 150 Å². The van der Waals surface area contributed by atoms with Crippen molar-refractivity contribution in [2.75, 3.05) is 18.8 Å². The third-order valence-electron chi connectivity index (χ3n) is 4.25. The van der Waals surface area contributed by atoms with Crippen LogP contribution in [0.5, 0.6) is 5.75 Å². The second kappa shape index (κ2) is 8.67. The first-order chi connectivity index (χ1) is 11.8. The molecule has 0 bridgehead atoms. The van der Waals surface area contributed by atoms with Gasteiger partial charge in [-0.05, 0) is 51.3 Å². The average molecular weight is 368 g/mol. The lowest BCUT2D eigenvalue weighted by Gasteiger charge is -2.30. The molecule has 0 aliphatic carbocycles. The Hall–Kier alpha value is -1.60. The summed E-state index contributed by atoms with van der Waals surface area (Å²) in [4.78, 5) is 12.4. The zero-order valence-corrected chi connectivity index (χ0v) is 16.0. The van der Waals surface area contributed by atoms with Gasteiger partial charge in [0.05, 0.1) is 17.8 Å². The van der Waals surface area contributed by atoms with E-state index < -0.39 is 10.0 Å². The molecule has 1 amide bonds. The topological polar surface area (TPSA) is 75.7 Å². The van der Waals surface area contributed by atoms with Gasteiger partial charge in [0.1, 0.15) is 5.75 Å². The van der Waals surface area contributed by atoms with Crippen LogP contribution in [0.2, 0.25) is 0 Å². The van der Waals surface area contributed by atoms with E-state index in [9.17, 15) is 13.2 Å². The van der Waals surface area contributed by atoms with Crippen LogP contribution in [0.4, 0.5) is 0 Å². The fourth-order valence-corrected chi connectivity index (χ4v) is 4.11. The summed E-state index contributed by atoms with van der Waals surface area (Å²) in [5, 5.41) is 2.92. The van der Waals surface area contributed by atoms with E-state index in [0.717, 1.165) is 24.2 Å². The lowest BCUT2D eigenvalue weighted by atomic mass is 9.99. The third kappa shape index (κ3) is 5.71. The average Bonchev–Trinajstić information content (AvgIpc) is 2.59. The number of piperidine rings is 1. The number of ether oxygens (including phenoxy) is 1. The summed E-state index contributed by atoms with van der Waals surface area (Å²) >= 11 is 0. The summed E-state index contributed by atoms with van der Waals surface area (Å²) < 4.78 is 31.1. The molecule has 1 aliphatic rings. The van der Waals surface area contributed by atoms with Crippen LogP contribution >= 0.6 is 0 Å². The quantitative estimate of drug-likeness (QED) is 0.800. The molecule has 1 aromatic carbocycles. The van der Waals surface area contributed by atoms with E-state index >= 15 is 0 Å².